The summed E-state index contributed by atoms with van der Waals surface area (Å²) < 4.78 is 0. The normalized spacial score (nSPS) is 9.22. The van der Waals surface area contributed by atoms with Crippen molar-refractivity contribution in [3.8, 4) is 6.19 Å². The van der Waals surface area contributed by atoms with Gasteiger partial charge in [-0.2, -0.15) is 11.7 Å². The van der Waals surface area contributed by atoms with Gasteiger partial charge >= 0.3 is 29.6 Å². The van der Waals surface area contributed by atoms with Crippen LogP contribution in [-0.2, 0) is 4.79 Å². The van der Waals surface area contributed by atoms with E-state index in [1.54, 1.807) is 0 Å². The molecular weight excluding hydrogens is 295 g/mol. The Hall–Kier alpha value is -0.0400. The summed E-state index contributed by atoms with van der Waals surface area (Å²) in [5, 5.41) is 7.10. The zero-order chi connectivity index (χ0) is 16.7. The number of nitrogens with zero attached hydrogens (tertiary/aromatic N) is 1. The molecule has 0 heterocycles. The number of nitrogens with two attached hydrogens (primary N) is 1. The average molecular weight is 333 g/mol. The molecule has 0 unspecified atom stereocenters. The van der Waals surface area contributed by atoms with Crippen molar-refractivity contribution in [3.05, 3.63) is 0 Å². The zero-order valence-corrected chi connectivity index (χ0v) is 17.7. The number of rotatable bonds is 16. The molecule has 0 fully saturated rings. The summed E-state index contributed by atoms with van der Waals surface area (Å²) in [6.45, 7) is 2.28. The van der Waals surface area contributed by atoms with Crippen molar-refractivity contribution in [2.75, 3.05) is 0 Å². The van der Waals surface area contributed by atoms with Crippen molar-refractivity contribution in [2.24, 2.45) is 5.73 Å². The number of unbranched alkanes of at least 4 members (excludes halogenated alkanes) is 15. The van der Waals surface area contributed by atoms with Crippen LogP contribution in [0, 0.1) is 11.5 Å². The van der Waals surface area contributed by atoms with Crippen LogP contribution in [0.25, 0.3) is 0 Å². The second-order valence-electron chi connectivity index (χ2n) is 5.97. The minimum atomic E-state index is 0. The fourth-order valence-corrected chi connectivity index (χ4v) is 2.57. The van der Waals surface area contributed by atoms with E-state index >= 15 is 0 Å². The molecule has 0 spiro atoms. The second-order valence-corrected chi connectivity index (χ2v) is 5.97. The molecule has 130 valence electrons. The van der Waals surface area contributed by atoms with Crippen LogP contribution in [0.1, 0.15) is 110 Å². The molecule has 3 nitrogen and oxygen atoms in total. The Balaban J connectivity index is -0.000000920. The van der Waals surface area contributed by atoms with E-state index in [9.17, 15) is 4.79 Å². The Bertz CT molecular complexity index is 242. The van der Waals surface area contributed by atoms with Crippen LogP contribution < -0.4 is 35.3 Å². The van der Waals surface area contributed by atoms with Gasteiger partial charge in [-0.15, -0.1) is 0 Å². The first-order chi connectivity index (χ1) is 10.8. The van der Waals surface area contributed by atoms with Gasteiger partial charge < -0.3 is 10.5 Å². The van der Waals surface area contributed by atoms with Gasteiger partial charge in [0.05, 0.1) is 0 Å². The van der Waals surface area contributed by atoms with Crippen LogP contribution in [0.3, 0.4) is 0 Å². The zero-order valence-electron chi connectivity index (χ0n) is 15.7. The van der Waals surface area contributed by atoms with Crippen molar-refractivity contribution in [1.82, 2.24) is 0 Å². The topological polar surface area (TPSA) is 66.9 Å². The minimum absolute atomic E-state index is 0. The monoisotopic (exact) mass is 332 g/mol. The van der Waals surface area contributed by atoms with Crippen molar-refractivity contribution >= 4 is 6.29 Å². The predicted octanol–water partition coefficient (Wildman–Crippen LogP) is 2.79. The van der Waals surface area contributed by atoms with Gasteiger partial charge in [0.2, 0.25) is 0 Å². The van der Waals surface area contributed by atoms with Gasteiger partial charge in [-0.1, -0.05) is 103 Å². The first-order valence-electron chi connectivity index (χ1n) is 9.28. The van der Waals surface area contributed by atoms with Crippen molar-refractivity contribution in [2.45, 2.75) is 110 Å². The third-order valence-electron chi connectivity index (χ3n) is 3.88. The smallest absolute Gasteiger partial charge is 0.542 e. The molecule has 0 aromatic rings. The van der Waals surface area contributed by atoms with Gasteiger partial charge in [0.15, 0.2) is 6.19 Å². The number of hydrogen-bond acceptors (Lipinski definition) is 3. The van der Waals surface area contributed by atoms with E-state index in [1.807, 2.05) is 6.29 Å². The van der Waals surface area contributed by atoms with E-state index in [0.29, 0.717) is 6.42 Å². The van der Waals surface area contributed by atoms with Gasteiger partial charge in [-0.3, -0.25) is 6.29 Å². The Kier molecular flexibility index (Phi) is 36.1. The van der Waals surface area contributed by atoms with Crippen molar-refractivity contribution < 1.29 is 34.4 Å². The predicted molar refractivity (Wildman–Crippen MR) is 95.0 cm³/mol. The number of hydrogen-bond donors (Lipinski definition) is 1. The largest absolute Gasteiger partial charge is 1.00 e. The minimum Gasteiger partial charge on any atom is -0.542 e. The molecule has 0 aromatic carbocycles. The van der Waals surface area contributed by atoms with Gasteiger partial charge in [-0.25, -0.2) is 0 Å². The Morgan fingerprint density at radius 1 is 0.739 bits per heavy atom. The molecule has 4 heteroatoms. The summed E-state index contributed by atoms with van der Waals surface area (Å²) in [5.74, 6) is 0. The van der Waals surface area contributed by atoms with E-state index in [-0.39, 0.29) is 29.6 Å². The first-order valence-corrected chi connectivity index (χ1v) is 9.28. The Morgan fingerprint density at radius 3 is 1.26 bits per heavy atom. The van der Waals surface area contributed by atoms with Crippen LogP contribution in [0.5, 0.6) is 0 Å². The summed E-state index contributed by atoms with van der Waals surface area (Å²) in [6, 6.07) is 0. The van der Waals surface area contributed by atoms with Crippen LogP contribution in [0.15, 0.2) is 0 Å². The van der Waals surface area contributed by atoms with E-state index < -0.39 is 0 Å². The van der Waals surface area contributed by atoms with Gasteiger partial charge in [0.1, 0.15) is 0 Å². The van der Waals surface area contributed by atoms with Crippen molar-refractivity contribution in [3.63, 3.8) is 0 Å². The molecule has 0 radical (unpaired) electrons. The molecule has 0 aliphatic carbocycles. The Labute approximate surface area is 167 Å². The quantitative estimate of drug-likeness (QED) is 0.155. The molecule has 0 aliphatic rings. The third kappa shape index (κ3) is 34.3. The standard InChI is InChI=1S/C18H35O.CH2N2.Na/c1-2-3-4-5-6-7-8-9-10-11-12-13-14-15-16-17-18-19;2-1-3;/h2-17H2,1H3;2H2;/q-1;;+1. The number of carbonyl (C=O) groups excluding carboxylic acids is 1. The summed E-state index contributed by atoms with van der Waals surface area (Å²) in [7, 11) is 0. The molecule has 0 amide bonds. The Morgan fingerprint density at radius 2 is 1.00 bits per heavy atom. The second kappa shape index (κ2) is 29.9. The summed E-state index contributed by atoms with van der Waals surface area (Å²) in [4.78, 5) is 10.0. The maximum absolute atomic E-state index is 10.0. The maximum atomic E-state index is 10.0. The molecule has 0 aliphatic heterocycles. The molecule has 0 bridgehead atoms. The van der Waals surface area contributed by atoms with E-state index in [2.05, 4.69) is 12.7 Å². The van der Waals surface area contributed by atoms with Gasteiger partial charge in [0.25, 0.3) is 0 Å². The fraction of sp³-hybridized carbons (Fsp3) is 0.895. The molecular formula is C19H37N2NaO. The van der Waals surface area contributed by atoms with Crippen LogP contribution in [-0.4, -0.2) is 6.29 Å². The maximum Gasteiger partial charge on any atom is 1.00 e. The number of nitriles is 1. The van der Waals surface area contributed by atoms with Gasteiger partial charge in [0, 0.05) is 0 Å². The summed E-state index contributed by atoms with van der Waals surface area (Å²) >= 11 is 0. The fourth-order valence-electron chi connectivity index (χ4n) is 2.57. The molecule has 0 aromatic heterocycles. The third-order valence-corrected chi connectivity index (χ3v) is 3.88. The van der Waals surface area contributed by atoms with Crippen molar-refractivity contribution in [1.29, 1.82) is 5.26 Å². The summed E-state index contributed by atoms with van der Waals surface area (Å²) in [6.07, 6.45) is 24.5. The molecule has 2 N–H and O–H groups in total. The van der Waals surface area contributed by atoms with Gasteiger partial charge in [-0.05, 0) is 0 Å². The van der Waals surface area contributed by atoms with E-state index in [1.165, 1.54) is 96.1 Å². The molecule has 23 heavy (non-hydrogen) atoms. The van der Waals surface area contributed by atoms with E-state index in [0.717, 1.165) is 6.42 Å². The average Bonchev–Trinajstić information content (AvgIpc) is 2.52. The van der Waals surface area contributed by atoms with Crippen LogP contribution in [0.4, 0.5) is 0 Å². The molecule has 0 saturated carbocycles. The molecule has 0 rings (SSSR count). The molecule has 0 atom stereocenters. The van der Waals surface area contributed by atoms with Crippen LogP contribution >= 0.6 is 0 Å². The first kappa shape index (κ1) is 27.8. The van der Waals surface area contributed by atoms with E-state index in [4.69, 9.17) is 5.26 Å². The summed E-state index contributed by atoms with van der Waals surface area (Å²) in [5.41, 5.74) is 4.15. The van der Waals surface area contributed by atoms with Crippen LogP contribution in [0.2, 0.25) is 0 Å². The SMILES string of the molecule is CCCCCCCCCCCCCCCCC[C-]=O.N#CN.[Na+]. The molecule has 0 saturated heterocycles.